The van der Waals surface area contributed by atoms with E-state index in [1.807, 2.05) is 0 Å². The highest BCUT2D eigenvalue weighted by Crippen LogP contribution is 2.40. The number of nitrogens with one attached hydrogen (secondary N) is 1. The first-order valence-corrected chi connectivity index (χ1v) is 7.66. The first kappa shape index (κ1) is 16.6. The SMILES string of the molecule is CC(C)(C)OC(=O)NC1C(=O)N2C(C(=O)O)=C(CF)CS[C@H]12. The van der Waals surface area contributed by atoms with Gasteiger partial charge in [-0.3, -0.25) is 9.69 Å². The lowest BCUT2D eigenvalue weighted by Crippen LogP contribution is -2.70. The van der Waals surface area contributed by atoms with Crippen molar-refractivity contribution in [2.75, 3.05) is 12.4 Å². The fraction of sp³-hybridized carbons (Fsp3) is 0.615. The number of carbonyl (C=O) groups is 3. The second-order valence-electron chi connectivity index (χ2n) is 5.92. The highest BCUT2D eigenvalue weighted by molar-refractivity contribution is 8.00. The zero-order chi connectivity index (χ0) is 16.7. The monoisotopic (exact) mass is 332 g/mol. The number of ether oxygens (including phenoxy) is 1. The van der Waals surface area contributed by atoms with Crippen molar-refractivity contribution in [2.45, 2.75) is 37.8 Å². The number of carboxylic acid groups (broad SMARTS) is 1. The number of carboxylic acids is 1. The van der Waals surface area contributed by atoms with Crippen molar-refractivity contribution in [3.05, 3.63) is 11.3 Å². The summed E-state index contributed by atoms with van der Waals surface area (Å²) in [6.07, 6.45) is -0.747. The Labute approximate surface area is 130 Å². The Morgan fingerprint density at radius 1 is 1.50 bits per heavy atom. The number of hydrogen-bond donors (Lipinski definition) is 2. The van der Waals surface area contributed by atoms with E-state index in [2.05, 4.69) is 5.32 Å². The van der Waals surface area contributed by atoms with Crippen LogP contribution in [0.4, 0.5) is 9.18 Å². The third kappa shape index (κ3) is 3.03. The zero-order valence-electron chi connectivity index (χ0n) is 12.4. The molecule has 2 amide bonds. The minimum Gasteiger partial charge on any atom is -0.477 e. The molecule has 122 valence electrons. The summed E-state index contributed by atoms with van der Waals surface area (Å²) in [7, 11) is 0. The topological polar surface area (TPSA) is 95.9 Å². The van der Waals surface area contributed by atoms with E-state index in [0.29, 0.717) is 0 Å². The molecule has 7 nitrogen and oxygen atoms in total. The highest BCUT2D eigenvalue weighted by Gasteiger charge is 2.54. The van der Waals surface area contributed by atoms with Crippen LogP contribution in [0.1, 0.15) is 20.8 Å². The molecule has 2 aliphatic heterocycles. The molecule has 0 saturated carbocycles. The molecule has 0 aromatic carbocycles. The Hall–Kier alpha value is -1.77. The predicted octanol–water partition coefficient (Wildman–Crippen LogP) is 1.10. The normalized spacial score (nSPS) is 24.5. The zero-order valence-corrected chi connectivity index (χ0v) is 13.2. The molecule has 2 N–H and O–H groups in total. The Kier molecular flexibility index (Phi) is 4.37. The van der Waals surface area contributed by atoms with Crippen LogP contribution >= 0.6 is 11.8 Å². The molecular weight excluding hydrogens is 315 g/mol. The van der Waals surface area contributed by atoms with Gasteiger partial charge in [-0.1, -0.05) is 0 Å². The molecule has 0 aromatic rings. The van der Waals surface area contributed by atoms with Crippen molar-refractivity contribution in [1.29, 1.82) is 0 Å². The summed E-state index contributed by atoms with van der Waals surface area (Å²) < 4.78 is 17.9. The lowest BCUT2D eigenvalue weighted by molar-refractivity contribution is -0.149. The summed E-state index contributed by atoms with van der Waals surface area (Å²) in [4.78, 5) is 36.1. The average molecular weight is 332 g/mol. The Morgan fingerprint density at radius 3 is 2.64 bits per heavy atom. The maximum absolute atomic E-state index is 12.9. The lowest BCUT2D eigenvalue weighted by Gasteiger charge is -2.49. The lowest BCUT2D eigenvalue weighted by atomic mass is 10.0. The molecule has 0 spiro atoms. The molecule has 1 fully saturated rings. The van der Waals surface area contributed by atoms with Gasteiger partial charge in [0.25, 0.3) is 5.91 Å². The van der Waals surface area contributed by atoms with E-state index in [1.54, 1.807) is 20.8 Å². The maximum Gasteiger partial charge on any atom is 0.408 e. The number of carbonyl (C=O) groups excluding carboxylic acids is 2. The number of alkyl carbamates (subject to hydrolysis) is 1. The maximum atomic E-state index is 12.9. The molecule has 1 unspecified atom stereocenters. The Morgan fingerprint density at radius 2 is 2.14 bits per heavy atom. The van der Waals surface area contributed by atoms with Crippen LogP contribution in [0.5, 0.6) is 0 Å². The largest absolute Gasteiger partial charge is 0.477 e. The fourth-order valence-corrected chi connectivity index (χ4v) is 3.54. The van der Waals surface area contributed by atoms with E-state index in [0.717, 1.165) is 4.90 Å². The van der Waals surface area contributed by atoms with Crippen molar-refractivity contribution in [3.63, 3.8) is 0 Å². The van der Waals surface area contributed by atoms with E-state index in [1.165, 1.54) is 11.8 Å². The van der Waals surface area contributed by atoms with Crippen LogP contribution in [0, 0.1) is 0 Å². The van der Waals surface area contributed by atoms with E-state index < -0.39 is 41.7 Å². The number of hydrogen-bond acceptors (Lipinski definition) is 5. The molecular formula is C13H17FN2O5S. The Bertz CT molecular complexity index is 557. The molecule has 0 aromatic heterocycles. The van der Waals surface area contributed by atoms with Gasteiger partial charge in [-0.25, -0.2) is 14.0 Å². The quantitative estimate of drug-likeness (QED) is 0.752. The van der Waals surface area contributed by atoms with Gasteiger partial charge in [0.2, 0.25) is 0 Å². The first-order valence-electron chi connectivity index (χ1n) is 6.61. The number of nitrogens with zero attached hydrogens (tertiary/aromatic N) is 1. The highest BCUT2D eigenvalue weighted by atomic mass is 32.2. The Balaban J connectivity index is 2.10. The van der Waals surface area contributed by atoms with Crippen molar-refractivity contribution < 1.29 is 28.6 Å². The number of β-lactam (4-membered cyclic amide) rings is 1. The van der Waals surface area contributed by atoms with Gasteiger partial charge in [0, 0.05) is 11.3 Å². The standard InChI is InChI=1S/C13H17FN2O5S/c1-13(2,3)21-12(20)15-7-9(17)16-8(11(18)19)6(4-14)5-22-10(7)16/h7,10H,4-5H2,1-3H3,(H,15,20)(H,18,19)/t7?,10-/m1/s1. The number of thioether (sulfide) groups is 1. The van der Waals surface area contributed by atoms with Crippen molar-refractivity contribution >= 4 is 29.7 Å². The molecule has 9 heteroatoms. The van der Waals surface area contributed by atoms with Gasteiger partial charge in [-0.05, 0) is 20.8 Å². The third-order valence-corrected chi connectivity index (χ3v) is 4.42. The minimum absolute atomic E-state index is 0.0674. The van der Waals surface area contributed by atoms with Crippen LogP contribution in [-0.4, -0.2) is 57.4 Å². The average Bonchev–Trinajstić information content (AvgIpc) is 2.40. The third-order valence-electron chi connectivity index (χ3n) is 3.08. The van der Waals surface area contributed by atoms with Gasteiger partial charge in [-0.15, -0.1) is 11.8 Å². The second kappa shape index (κ2) is 5.79. The summed E-state index contributed by atoms with van der Waals surface area (Å²) in [6, 6.07) is -0.865. The molecule has 2 heterocycles. The van der Waals surface area contributed by atoms with Crippen molar-refractivity contribution in [1.82, 2.24) is 10.2 Å². The fourth-order valence-electron chi connectivity index (χ4n) is 2.22. The number of halogens is 1. The van der Waals surface area contributed by atoms with Gasteiger partial charge < -0.3 is 15.2 Å². The number of fused-ring (bicyclic) bond motifs is 1. The number of aliphatic carboxylic acids is 1. The van der Waals surface area contributed by atoms with Gasteiger partial charge in [0.05, 0.1) is 0 Å². The van der Waals surface area contributed by atoms with Crippen LogP contribution < -0.4 is 5.32 Å². The summed E-state index contributed by atoms with van der Waals surface area (Å²) in [6.45, 7) is 4.15. The van der Waals surface area contributed by atoms with Gasteiger partial charge >= 0.3 is 12.1 Å². The molecule has 1 saturated heterocycles. The van der Waals surface area contributed by atoms with Crippen LogP contribution in [0.15, 0.2) is 11.3 Å². The van der Waals surface area contributed by atoms with Crippen LogP contribution in [0.2, 0.25) is 0 Å². The molecule has 2 rings (SSSR count). The van der Waals surface area contributed by atoms with Gasteiger partial charge in [0.15, 0.2) is 0 Å². The van der Waals surface area contributed by atoms with E-state index >= 15 is 0 Å². The smallest absolute Gasteiger partial charge is 0.408 e. The molecule has 22 heavy (non-hydrogen) atoms. The molecule has 2 atom stereocenters. The summed E-state index contributed by atoms with van der Waals surface area (Å²) in [5.41, 5.74) is -0.958. The van der Waals surface area contributed by atoms with E-state index in [-0.39, 0.29) is 17.0 Å². The van der Waals surface area contributed by atoms with E-state index in [9.17, 15) is 18.8 Å². The van der Waals surface area contributed by atoms with E-state index in [4.69, 9.17) is 9.84 Å². The first-order chi connectivity index (χ1) is 10.2. The van der Waals surface area contributed by atoms with Crippen LogP contribution in [0.25, 0.3) is 0 Å². The minimum atomic E-state index is -1.35. The predicted molar refractivity (Wildman–Crippen MR) is 76.9 cm³/mol. The molecule has 0 aliphatic carbocycles. The summed E-state index contributed by atoms with van der Waals surface area (Å²) in [5.74, 6) is -1.76. The summed E-state index contributed by atoms with van der Waals surface area (Å²) >= 11 is 1.21. The molecule has 0 radical (unpaired) electrons. The summed E-state index contributed by atoms with van der Waals surface area (Å²) in [5, 5.41) is 11.0. The number of alkyl halides is 1. The molecule has 2 aliphatic rings. The number of rotatable bonds is 3. The molecule has 0 bridgehead atoms. The van der Waals surface area contributed by atoms with Crippen LogP contribution in [0.3, 0.4) is 0 Å². The van der Waals surface area contributed by atoms with Crippen LogP contribution in [-0.2, 0) is 14.3 Å². The van der Waals surface area contributed by atoms with Crippen molar-refractivity contribution in [3.8, 4) is 0 Å². The second-order valence-corrected chi connectivity index (χ2v) is 7.03. The number of amides is 2. The van der Waals surface area contributed by atoms with Crippen molar-refractivity contribution in [2.24, 2.45) is 0 Å². The van der Waals surface area contributed by atoms with Gasteiger partial charge in [0.1, 0.15) is 29.4 Å². The van der Waals surface area contributed by atoms with Gasteiger partial charge in [-0.2, -0.15) is 0 Å².